The summed E-state index contributed by atoms with van der Waals surface area (Å²) in [7, 11) is 0. The van der Waals surface area contributed by atoms with E-state index in [9.17, 15) is 4.79 Å². The van der Waals surface area contributed by atoms with E-state index < -0.39 is 0 Å². The van der Waals surface area contributed by atoms with Gasteiger partial charge in [0.25, 0.3) is 0 Å². The molecule has 0 bridgehead atoms. The lowest BCUT2D eigenvalue weighted by Gasteiger charge is -1.67. The molecular formula is C7H11NOS. The van der Waals surface area contributed by atoms with E-state index in [0.29, 0.717) is 0 Å². The van der Waals surface area contributed by atoms with E-state index >= 15 is 0 Å². The Balaban J connectivity index is 0.000000162. The number of allylic oxidation sites excluding steroid dienone is 2. The average molecular weight is 157 g/mol. The molecule has 0 N–H and O–H groups in total. The van der Waals surface area contributed by atoms with Crippen LogP contribution in [0.25, 0.3) is 0 Å². The minimum absolute atomic E-state index is 0.750. The molecule has 56 valence electrons. The van der Waals surface area contributed by atoms with E-state index in [1.165, 1.54) is 11.8 Å². The quantitative estimate of drug-likeness (QED) is 0.426. The molecule has 10 heavy (non-hydrogen) atoms. The third kappa shape index (κ3) is 7.43. The van der Waals surface area contributed by atoms with Crippen LogP contribution in [-0.2, 0) is 4.79 Å². The molecule has 0 saturated carbocycles. The van der Waals surface area contributed by atoms with Crippen LogP contribution in [0.4, 0.5) is 0 Å². The molecule has 0 amide bonds. The minimum Gasteiger partial charge on any atom is -0.299 e. The fourth-order valence-electron chi connectivity index (χ4n) is 0.342. The van der Waals surface area contributed by atoms with Crippen molar-refractivity contribution in [3.63, 3.8) is 0 Å². The predicted molar refractivity (Wildman–Crippen MR) is 46.7 cm³/mol. The van der Waals surface area contributed by atoms with Crippen LogP contribution in [0.1, 0.15) is 6.92 Å². The Kier molecular flexibility index (Phi) is 7.95. The summed E-state index contributed by atoms with van der Waals surface area (Å²) in [6.45, 7) is 2.83. The van der Waals surface area contributed by atoms with E-state index in [2.05, 4.69) is 4.99 Å². The molecule has 1 rings (SSSR count). The third-order valence-electron chi connectivity index (χ3n) is 0.758. The molecule has 1 aliphatic heterocycles. The van der Waals surface area contributed by atoms with Crippen molar-refractivity contribution in [2.24, 2.45) is 4.99 Å². The van der Waals surface area contributed by atoms with Gasteiger partial charge >= 0.3 is 0 Å². The largest absolute Gasteiger partial charge is 0.299 e. The maximum Gasteiger partial charge on any atom is 0.142 e. The molecule has 0 unspecified atom stereocenters. The maximum absolute atomic E-state index is 9.32. The number of aliphatic imine (C=N–C) groups is 1. The highest BCUT2D eigenvalue weighted by Crippen LogP contribution is 1.99. The number of rotatable bonds is 1. The first-order chi connectivity index (χ1) is 4.91. The van der Waals surface area contributed by atoms with Gasteiger partial charge in [-0.15, -0.1) is 11.8 Å². The standard InChI is InChI=1S/C4H6O.C3H5NS/c1-2-3-4-5;1-2-5-3-4-1/h2-4H,1H3;3H,1-2H2. The highest BCUT2D eigenvalue weighted by atomic mass is 32.2. The second-order valence-electron chi connectivity index (χ2n) is 1.54. The number of thioether (sulfide) groups is 1. The Morgan fingerprint density at radius 3 is 2.60 bits per heavy atom. The van der Waals surface area contributed by atoms with Crippen molar-refractivity contribution in [2.45, 2.75) is 6.92 Å². The zero-order valence-corrected chi connectivity index (χ0v) is 6.80. The number of nitrogens with zero attached hydrogens (tertiary/aromatic N) is 1. The van der Waals surface area contributed by atoms with Crippen LogP contribution < -0.4 is 0 Å². The van der Waals surface area contributed by atoms with Gasteiger partial charge in [0.05, 0.1) is 5.55 Å². The Morgan fingerprint density at radius 2 is 2.50 bits per heavy atom. The van der Waals surface area contributed by atoms with E-state index in [4.69, 9.17) is 0 Å². The Morgan fingerprint density at radius 1 is 1.70 bits per heavy atom. The van der Waals surface area contributed by atoms with Crippen molar-refractivity contribution >= 4 is 23.6 Å². The molecule has 1 aliphatic rings. The lowest BCUT2D eigenvalue weighted by atomic mass is 10.6. The second kappa shape index (κ2) is 8.43. The van der Waals surface area contributed by atoms with Crippen molar-refractivity contribution < 1.29 is 4.79 Å². The summed E-state index contributed by atoms with van der Waals surface area (Å²) >= 11 is 1.78. The molecule has 0 aromatic rings. The molecule has 2 nitrogen and oxygen atoms in total. The van der Waals surface area contributed by atoms with Crippen molar-refractivity contribution in [3.8, 4) is 0 Å². The molecule has 1 heterocycles. The SMILES string of the molecule is C1=NCCS1.CC=CC=O. The van der Waals surface area contributed by atoms with Gasteiger partial charge in [-0.2, -0.15) is 0 Å². The van der Waals surface area contributed by atoms with Crippen molar-refractivity contribution in [1.82, 2.24) is 0 Å². The second-order valence-corrected chi connectivity index (χ2v) is 2.50. The molecule has 0 atom stereocenters. The van der Waals surface area contributed by atoms with Crippen LogP contribution in [0.15, 0.2) is 17.1 Å². The minimum atomic E-state index is 0.750. The summed E-state index contributed by atoms with van der Waals surface area (Å²) in [6, 6.07) is 0. The van der Waals surface area contributed by atoms with Crippen LogP contribution >= 0.6 is 11.8 Å². The van der Waals surface area contributed by atoms with E-state index in [-0.39, 0.29) is 0 Å². The molecule has 0 aromatic carbocycles. The Bertz CT molecular complexity index is 126. The topological polar surface area (TPSA) is 29.4 Å². The van der Waals surface area contributed by atoms with Crippen molar-refractivity contribution in [2.75, 3.05) is 12.3 Å². The van der Waals surface area contributed by atoms with Crippen LogP contribution in [0.3, 0.4) is 0 Å². The summed E-state index contributed by atoms with van der Waals surface area (Å²) in [6.07, 6.45) is 3.88. The first-order valence-electron chi connectivity index (χ1n) is 3.08. The van der Waals surface area contributed by atoms with Gasteiger partial charge < -0.3 is 0 Å². The van der Waals surface area contributed by atoms with Crippen LogP contribution in [0, 0.1) is 0 Å². The number of carbonyl (C=O) groups is 1. The monoisotopic (exact) mass is 157 g/mol. The zero-order valence-electron chi connectivity index (χ0n) is 5.99. The van der Waals surface area contributed by atoms with E-state index in [1.54, 1.807) is 24.8 Å². The molecule has 3 heteroatoms. The van der Waals surface area contributed by atoms with E-state index in [1.807, 2.05) is 5.55 Å². The van der Waals surface area contributed by atoms with Gasteiger partial charge in [-0.3, -0.25) is 9.79 Å². The fraction of sp³-hybridized carbons (Fsp3) is 0.429. The summed E-state index contributed by atoms with van der Waals surface area (Å²) in [5.74, 6) is 1.19. The molecule has 0 aliphatic carbocycles. The number of aldehydes is 1. The molecule has 0 fully saturated rings. The molecule has 0 aromatic heterocycles. The fourth-order valence-corrected chi connectivity index (χ4v) is 0.869. The molecular weight excluding hydrogens is 146 g/mol. The Labute approximate surface area is 65.4 Å². The summed E-state index contributed by atoms with van der Waals surface area (Å²) in [5.41, 5.74) is 1.90. The van der Waals surface area contributed by atoms with Gasteiger partial charge in [-0.25, -0.2) is 0 Å². The van der Waals surface area contributed by atoms with Crippen LogP contribution in [0.5, 0.6) is 0 Å². The number of hydrogen-bond acceptors (Lipinski definition) is 3. The van der Waals surface area contributed by atoms with Crippen molar-refractivity contribution in [1.29, 1.82) is 0 Å². The highest BCUT2D eigenvalue weighted by Gasteiger charge is 1.86. The van der Waals surface area contributed by atoms with Crippen LogP contribution in [0.2, 0.25) is 0 Å². The zero-order chi connectivity index (χ0) is 7.66. The predicted octanol–water partition coefficient (Wildman–Crippen LogP) is 1.52. The maximum atomic E-state index is 9.32. The first kappa shape index (κ1) is 9.43. The molecule has 0 radical (unpaired) electrons. The van der Waals surface area contributed by atoms with Gasteiger partial charge in [0.1, 0.15) is 6.29 Å². The Hall–Kier alpha value is -0.570. The van der Waals surface area contributed by atoms with Crippen LogP contribution in [-0.4, -0.2) is 24.1 Å². The van der Waals surface area contributed by atoms with E-state index in [0.717, 1.165) is 12.8 Å². The van der Waals surface area contributed by atoms with Gasteiger partial charge in [0.15, 0.2) is 0 Å². The summed E-state index contributed by atoms with van der Waals surface area (Å²) < 4.78 is 0. The lowest BCUT2D eigenvalue weighted by Crippen LogP contribution is -1.69. The molecule has 0 saturated heterocycles. The lowest BCUT2D eigenvalue weighted by molar-refractivity contribution is -0.104. The van der Waals surface area contributed by atoms with Gasteiger partial charge in [-0.05, 0) is 13.0 Å². The van der Waals surface area contributed by atoms with Gasteiger partial charge in [0, 0.05) is 12.3 Å². The highest BCUT2D eigenvalue weighted by molar-refractivity contribution is 8.12. The number of carbonyl (C=O) groups excluding carboxylic acids is 1. The average Bonchev–Trinajstić information content (AvgIpc) is 2.44. The number of hydrogen-bond donors (Lipinski definition) is 0. The van der Waals surface area contributed by atoms with Gasteiger partial charge in [-0.1, -0.05) is 6.08 Å². The molecule has 0 spiro atoms. The first-order valence-corrected chi connectivity index (χ1v) is 4.13. The van der Waals surface area contributed by atoms with Gasteiger partial charge in [0.2, 0.25) is 0 Å². The summed E-state index contributed by atoms with van der Waals surface area (Å²) in [5, 5.41) is 0. The van der Waals surface area contributed by atoms with Crippen molar-refractivity contribution in [3.05, 3.63) is 12.2 Å². The normalized spacial score (nSPS) is 14.9. The third-order valence-corrected chi connectivity index (χ3v) is 1.47. The summed E-state index contributed by atoms with van der Waals surface area (Å²) in [4.78, 5) is 13.2. The smallest absolute Gasteiger partial charge is 0.142 e.